The minimum atomic E-state index is -1.23. The summed E-state index contributed by atoms with van der Waals surface area (Å²) >= 11 is 9.35. The first-order valence-corrected chi connectivity index (χ1v) is 7.43. The van der Waals surface area contributed by atoms with Crippen LogP contribution in [0.3, 0.4) is 0 Å². The van der Waals surface area contributed by atoms with E-state index in [4.69, 9.17) is 26.2 Å². The van der Waals surface area contributed by atoms with Gasteiger partial charge in [0.2, 0.25) is 6.29 Å². The van der Waals surface area contributed by atoms with E-state index in [9.17, 15) is 10.2 Å². The van der Waals surface area contributed by atoms with Crippen molar-refractivity contribution in [3.05, 3.63) is 27.8 Å². The average Bonchev–Trinajstić information content (AvgIpc) is 2.96. The molecule has 4 N–H and O–H groups in total. The minimum Gasteiger partial charge on any atom is -0.460 e. The van der Waals surface area contributed by atoms with Crippen molar-refractivity contribution in [1.82, 2.24) is 4.98 Å². The first kappa shape index (κ1) is 15.1. The van der Waals surface area contributed by atoms with Gasteiger partial charge in [-0.3, -0.25) is 0 Å². The molecule has 2 heterocycles. The number of ether oxygens (including phenoxy) is 2. The van der Waals surface area contributed by atoms with Crippen molar-refractivity contribution < 1.29 is 24.8 Å². The van der Waals surface area contributed by atoms with Crippen molar-refractivity contribution in [1.29, 1.82) is 0 Å². The number of aromatic amines is 1. The molecule has 1 aliphatic rings. The molecule has 8 heteroatoms. The molecule has 3 rings (SSSR count). The Morgan fingerprint density at radius 1 is 1.33 bits per heavy atom. The molecule has 1 fully saturated rings. The molecule has 0 aliphatic carbocycles. The molecule has 114 valence electrons. The fourth-order valence-electron chi connectivity index (χ4n) is 2.28. The Hall–Kier alpha value is -0.830. The van der Waals surface area contributed by atoms with Crippen LogP contribution in [-0.4, -0.2) is 51.5 Å². The molecule has 1 aromatic heterocycles. The Kier molecular flexibility index (Phi) is 4.13. The molecular weight excluding hydrogens is 366 g/mol. The monoisotopic (exact) mass is 377 g/mol. The van der Waals surface area contributed by atoms with E-state index in [1.165, 1.54) is 0 Å². The Morgan fingerprint density at radius 2 is 2.10 bits per heavy atom. The highest BCUT2D eigenvalue weighted by Crippen LogP contribution is 2.35. The fourth-order valence-corrected chi connectivity index (χ4v) is 2.78. The number of nitrogens with one attached hydrogen (secondary N) is 1. The van der Waals surface area contributed by atoms with E-state index >= 15 is 0 Å². The summed E-state index contributed by atoms with van der Waals surface area (Å²) in [4.78, 5) is 3.00. The lowest BCUT2D eigenvalue weighted by molar-refractivity contribution is -0.115. The second kappa shape index (κ2) is 5.75. The number of benzene rings is 1. The van der Waals surface area contributed by atoms with E-state index < -0.39 is 31.2 Å². The molecule has 0 amide bonds. The smallest absolute Gasteiger partial charge is 0.229 e. The third-order valence-corrected chi connectivity index (χ3v) is 4.62. The van der Waals surface area contributed by atoms with Crippen LogP contribution in [-0.2, 0) is 4.74 Å². The zero-order chi connectivity index (χ0) is 15.1. The Morgan fingerprint density at radius 3 is 2.76 bits per heavy atom. The van der Waals surface area contributed by atoms with Gasteiger partial charge in [0.05, 0.1) is 17.1 Å². The number of fused-ring (bicyclic) bond motifs is 1. The second-order valence-corrected chi connectivity index (χ2v) is 6.05. The van der Waals surface area contributed by atoms with Gasteiger partial charge in [-0.15, -0.1) is 0 Å². The molecule has 0 spiro atoms. The van der Waals surface area contributed by atoms with Gasteiger partial charge in [-0.05, 0) is 28.1 Å². The van der Waals surface area contributed by atoms with Crippen LogP contribution in [0.2, 0.25) is 5.02 Å². The first-order valence-electron chi connectivity index (χ1n) is 6.26. The van der Waals surface area contributed by atoms with Crippen LogP contribution in [0.1, 0.15) is 0 Å². The summed E-state index contributed by atoms with van der Waals surface area (Å²) < 4.78 is 11.6. The van der Waals surface area contributed by atoms with Gasteiger partial charge in [-0.1, -0.05) is 11.6 Å². The van der Waals surface area contributed by atoms with Gasteiger partial charge in [0, 0.05) is 16.1 Å². The third-order valence-electron chi connectivity index (χ3n) is 3.43. The topological polar surface area (TPSA) is 94.9 Å². The van der Waals surface area contributed by atoms with Crippen LogP contribution in [0.15, 0.2) is 22.8 Å². The summed E-state index contributed by atoms with van der Waals surface area (Å²) in [5, 5.41) is 30.0. The van der Waals surface area contributed by atoms with E-state index in [0.29, 0.717) is 15.2 Å². The number of hydrogen-bond donors (Lipinski definition) is 4. The van der Waals surface area contributed by atoms with Crippen LogP contribution < -0.4 is 4.74 Å². The van der Waals surface area contributed by atoms with Gasteiger partial charge < -0.3 is 29.8 Å². The molecule has 1 unspecified atom stereocenters. The average molecular weight is 379 g/mol. The van der Waals surface area contributed by atoms with Gasteiger partial charge in [-0.25, -0.2) is 0 Å². The maximum atomic E-state index is 9.88. The van der Waals surface area contributed by atoms with Crippen molar-refractivity contribution in [3.63, 3.8) is 0 Å². The SMILES string of the molecule is OC[C@H]1OC(Oc2c[nH]c3cc(Cl)c(Br)cc23)[C@@H](O)[C@@H]1O. The van der Waals surface area contributed by atoms with E-state index in [0.717, 1.165) is 10.9 Å². The second-order valence-electron chi connectivity index (χ2n) is 4.79. The standard InChI is InChI=1S/C13H13BrClNO5/c14-6-1-5-8(2-7(6)15)16-3-9(5)20-13-12(19)11(18)10(4-17)21-13/h1-3,10-13,16-19H,4H2/t10-,11-,12+,13?/m1/s1. The molecule has 1 aromatic carbocycles. The highest BCUT2D eigenvalue weighted by atomic mass is 79.9. The molecule has 21 heavy (non-hydrogen) atoms. The van der Waals surface area contributed by atoms with Crippen LogP contribution in [0.5, 0.6) is 5.75 Å². The summed E-state index contributed by atoms with van der Waals surface area (Å²) in [6.45, 7) is -0.396. The molecule has 1 saturated heterocycles. The Labute approximate surface area is 133 Å². The molecule has 4 atom stereocenters. The highest BCUT2D eigenvalue weighted by molar-refractivity contribution is 9.10. The van der Waals surface area contributed by atoms with Crippen LogP contribution >= 0.6 is 27.5 Å². The molecule has 0 radical (unpaired) electrons. The molecule has 6 nitrogen and oxygen atoms in total. The Balaban J connectivity index is 1.87. The number of rotatable bonds is 3. The van der Waals surface area contributed by atoms with Crippen molar-refractivity contribution >= 4 is 38.4 Å². The third kappa shape index (κ3) is 2.65. The lowest BCUT2D eigenvalue weighted by Gasteiger charge is -2.16. The maximum absolute atomic E-state index is 9.88. The number of aromatic nitrogens is 1. The summed E-state index contributed by atoms with van der Waals surface area (Å²) in [6, 6.07) is 3.52. The van der Waals surface area contributed by atoms with Crippen LogP contribution in [0.25, 0.3) is 10.9 Å². The predicted molar refractivity (Wildman–Crippen MR) is 79.4 cm³/mol. The highest BCUT2D eigenvalue weighted by Gasteiger charge is 2.44. The number of aliphatic hydroxyl groups excluding tert-OH is 3. The molecule has 0 saturated carbocycles. The van der Waals surface area contributed by atoms with Crippen LogP contribution in [0.4, 0.5) is 0 Å². The molecule has 2 aromatic rings. The quantitative estimate of drug-likeness (QED) is 0.648. The summed E-state index contributed by atoms with van der Waals surface area (Å²) in [5.74, 6) is 0.456. The van der Waals surface area contributed by atoms with E-state index in [1.54, 1.807) is 18.3 Å². The molecule has 1 aliphatic heterocycles. The number of H-pyrrole nitrogens is 1. The van der Waals surface area contributed by atoms with E-state index in [1.807, 2.05) is 0 Å². The molecule has 0 bridgehead atoms. The lowest BCUT2D eigenvalue weighted by atomic mass is 10.1. The van der Waals surface area contributed by atoms with E-state index in [-0.39, 0.29) is 0 Å². The lowest BCUT2D eigenvalue weighted by Crippen LogP contribution is -2.35. The zero-order valence-electron chi connectivity index (χ0n) is 10.7. The summed E-state index contributed by atoms with van der Waals surface area (Å²) in [5.41, 5.74) is 0.768. The van der Waals surface area contributed by atoms with Gasteiger partial charge >= 0.3 is 0 Å². The van der Waals surface area contributed by atoms with Gasteiger partial charge in [0.1, 0.15) is 24.1 Å². The maximum Gasteiger partial charge on any atom is 0.229 e. The van der Waals surface area contributed by atoms with Gasteiger partial charge in [0.15, 0.2) is 0 Å². The van der Waals surface area contributed by atoms with Crippen molar-refractivity contribution in [2.24, 2.45) is 0 Å². The van der Waals surface area contributed by atoms with Gasteiger partial charge in [0.25, 0.3) is 0 Å². The number of hydrogen-bond acceptors (Lipinski definition) is 5. The molecular formula is C13H13BrClNO5. The fraction of sp³-hybridized carbons (Fsp3) is 0.385. The normalized spacial score (nSPS) is 29.2. The largest absolute Gasteiger partial charge is 0.460 e. The van der Waals surface area contributed by atoms with Crippen molar-refractivity contribution in [2.45, 2.75) is 24.6 Å². The summed E-state index contributed by atoms with van der Waals surface area (Å²) in [6.07, 6.45) is -2.72. The van der Waals surface area contributed by atoms with Crippen molar-refractivity contribution in [2.75, 3.05) is 6.61 Å². The Bertz CT molecular complexity index is 663. The number of halogens is 2. The predicted octanol–water partition coefficient (Wildman–Crippen LogP) is 1.40. The first-order chi connectivity index (χ1) is 10.0. The van der Waals surface area contributed by atoms with Crippen molar-refractivity contribution in [3.8, 4) is 5.75 Å². The number of aliphatic hydroxyl groups is 3. The van der Waals surface area contributed by atoms with Gasteiger partial charge in [-0.2, -0.15) is 0 Å². The van der Waals surface area contributed by atoms with Crippen LogP contribution in [0, 0.1) is 0 Å². The minimum absolute atomic E-state index is 0.396. The summed E-state index contributed by atoms with van der Waals surface area (Å²) in [7, 11) is 0. The van der Waals surface area contributed by atoms with E-state index in [2.05, 4.69) is 20.9 Å². The zero-order valence-corrected chi connectivity index (χ0v) is 13.0.